The molecule has 1 aromatic rings. The van der Waals surface area contributed by atoms with Gasteiger partial charge in [-0.05, 0) is 11.5 Å². The maximum absolute atomic E-state index is 10.8. The minimum atomic E-state index is -0.342. The predicted octanol–water partition coefficient (Wildman–Crippen LogP) is 3.65. The Hall–Kier alpha value is -0.900. The molecule has 0 amide bonds. The van der Waals surface area contributed by atoms with Crippen molar-refractivity contribution >= 4 is 21.6 Å². The molecule has 1 rings (SSSR count). The van der Waals surface area contributed by atoms with Crippen LogP contribution in [0.4, 0.5) is 5.69 Å². The zero-order valence-corrected chi connectivity index (χ0v) is 9.96. The number of nitrogens with zero attached hydrogens (tertiary/aromatic N) is 1. The topological polar surface area (TPSA) is 43.1 Å². The highest BCUT2D eigenvalue weighted by Crippen LogP contribution is 2.36. The zero-order valence-electron chi connectivity index (χ0n) is 8.37. The van der Waals surface area contributed by atoms with Crippen LogP contribution in [-0.2, 0) is 5.41 Å². The summed E-state index contributed by atoms with van der Waals surface area (Å²) >= 11 is 3.35. The molecule has 14 heavy (non-hydrogen) atoms. The molecule has 0 N–H and O–H groups in total. The van der Waals surface area contributed by atoms with Crippen molar-refractivity contribution in [1.29, 1.82) is 0 Å². The van der Waals surface area contributed by atoms with Gasteiger partial charge in [-0.1, -0.05) is 42.8 Å². The van der Waals surface area contributed by atoms with Gasteiger partial charge in [0.25, 0.3) is 5.69 Å². The third kappa shape index (κ3) is 2.12. The first-order chi connectivity index (χ1) is 6.34. The fourth-order valence-electron chi connectivity index (χ4n) is 1.41. The quantitative estimate of drug-likeness (QED) is 0.570. The number of nitro benzene ring substituents is 1. The van der Waals surface area contributed by atoms with Crippen molar-refractivity contribution in [2.45, 2.75) is 26.2 Å². The van der Waals surface area contributed by atoms with Gasteiger partial charge in [-0.3, -0.25) is 10.1 Å². The van der Waals surface area contributed by atoms with E-state index >= 15 is 0 Å². The third-order valence-corrected chi connectivity index (χ3v) is 2.60. The molecule has 0 radical (unpaired) electrons. The van der Waals surface area contributed by atoms with Gasteiger partial charge >= 0.3 is 0 Å². The van der Waals surface area contributed by atoms with E-state index in [9.17, 15) is 10.1 Å². The number of rotatable bonds is 1. The molecule has 0 fully saturated rings. The molecule has 0 aromatic heterocycles. The molecule has 3 nitrogen and oxygen atoms in total. The number of nitro groups is 1. The van der Waals surface area contributed by atoms with E-state index in [4.69, 9.17) is 0 Å². The van der Waals surface area contributed by atoms with Crippen LogP contribution in [0.1, 0.15) is 26.3 Å². The summed E-state index contributed by atoms with van der Waals surface area (Å²) in [6.07, 6.45) is 0. The molecule has 0 heterocycles. The number of halogens is 1. The molecule has 0 bridgehead atoms. The maximum Gasteiger partial charge on any atom is 0.274 e. The van der Waals surface area contributed by atoms with Gasteiger partial charge in [-0.15, -0.1) is 0 Å². The molecule has 0 aliphatic rings. The highest BCUT2D eigenvalue weighted by Gasteiger charge is 2.26. The second kappa shape index (κ2) is 3.69. The Bertz CT molecular complexity index is 369. The Labute approximate surface area is 91.4 Å². The Kier molecular flexibility index (Phi) is 2.95. The first-order valence-corrected chi connectivity index (χ1v) is 5.06. The lowest BCUT2D eigenvalue weighted by atomic mass is 9.86. The fraction of sp³-hybridized carbons (Fsp3) is 0.400. The van der Waals surface area contributed by atoms with Gasteiger partial charge < -0.3 is 0 Å². The Morgan fingerprint density at radius 2 is 1.93 bits per heavy atom. The zero-order chi connectivity index (χ0) is 10.9. The molecule has 76 valence electrons. The third-order valence-electron chi connectivity index (χ3n) is 1.94. The Morgan fingerprint density at radius 3 is 2.29 bits per heavy atom. The van der Waals surface area contributed by atoms with E-state index in [0.717, 1.165) is 10.0 Å². The summed E-state index contributed by atoms with van der Waals surface area (Å²) in [6.45, 7) is 5.88. The minimum Gasteiger partial charge on any atom is -0.258 e. The van der Waals surface area contributed by atoms with E-state index in [1.54, 1.807) is 6.07 Å². The highest BCUT2D eigenvalue weighted by molar-refractivity contribution is 9.10. The van der Waals surface area contributed by atoms with Gasteiger partial charge in [0.05, 0.1) is 4.92 Å². The lowest BCUT2D eigenvalue weighted by Crippen LogP contribution is -2.14. The van der Waals surface area contributed by atoms with Crippen LogP contribution in [0.15, 0.2) is 22.7 Å². The number of benzene rings is 1. The summed E-state index contributed by atoms with van der Waals surface area (Å²) < 4.78 is 0.791. The lowest BCUT2D eigenvalue weighted by molar-refractivity contribution is -0.386. The second-order valence-corrected chi connectivity index (χ2v) is 5.00. The van der Waals surface area contributed by atoms with Gasteiger partial charge in [0.2, 0.25) is 0 Å². The smallest absolute Gasteiger partial charge is 0.258 e. The molecule has 0 aliphatic carbocycles. The van der Waals surface area contributed by atoms with Crippen LogP contribution < -0.4 is 0 Å². The van der Waals surface area contributed by atoms with Crippen LogP contribution >= 0.6 is 15.9 Å². The summed E-state index contributed by atoms with van der Waals surface area (Å²) in [4.78, 5) is 10.5. The van der Waals surface area contributed by atoms with Crippen LogP contribution in [-0.4, -0.2) is 4.92 Å². The number of hydrogen-bond acceptors (Lipinski definition) is 2. The lowest BCUT2D eigenvalue weighted by Gasteiger charge is -2.20. The maximum atomic E-state index is 10.8. The average molecular weight is 258 g/mol. The monoisotopic (exact) mass is 257 g/mol. The summed E-state index contributed by atoms with van der Waals surface area (Å²) in [5.41, 5.74) is 0.680. The molecule has 0 saturated heterocycles. The largest absolute Gasteiger partial charge is 0.274 e. The fourth-order valence-corrected chi connectivity index (χ4v) is 2.36. The van der Waals surface area contributed by atoms with E-state index in [2.05, 4.69) is 15.9 Å². The highest BCUT2D eigenvalue weighted by atomic mass is 79.9. The predicted molar refractivity (Wildman–Crippen MR) is 59.5 cm³/mol. The van der Waals surface area contributed by atoms with Crippen molar-refractivity contribution in [3.8, 4) is 0 Å². The van der Waals surface area contributed by atoms with E-state index in [1.807, 2.05) is 26.8 Å². The summed E-state index contributed by atoms with van der Waals surface area (Å²) in [5.74, 6) is 0. The van der Waals surface area contributed by atoms with Crippen LogP contribution in [0.2, 0.25) is 0 Å². The molecular formula is C10H12BrNO2. The van der Waals surface area contributed by atoms with Crippen molar-refractivity contribution in [3.05, 3.63) is 38.3 Å². The van der Waals surface area contributed by atoms with Crippen LogP contribution in [0.25, 0.3) is 0 Å². The van der Waals surface area contributed by atoms with Crippen molar-refractivity contribution in [2.24, 2.45) is 0 Å². The van der Waals surface area contributed by atoms with E-state index in [-0.39, 0.29) is 16.0 Å². The van der Waals surface area contributed by atoms with Crippen molar-refractivity contribution in [2.75, 3.05) is 0 Å². The standard InChI is InChI=1S/C10H12BrNO2/c1-10(2,3)9-7(11)5-4-6-8(9)12(13)14/h4-6H,1-3H3. The van der Waals surface area contributed by atoms with E-state index in [0.29, 0.717) is 0 Å². The molecule has 4 heteroatoms. The van der Waals surface area contributed by atoms with Gasteiger partial charge in [0.15, 0.2) is 0 Å². The summed E-state index contributed by atoms with van der Waals surface area (Å²) in [5, 5.41) is 10.8. The molecule has 0 unspecified atom stereocenters. The van der Waals surface area contributed by atoms with Crippen LogP contribution in [0.3, 0.4) is 0 Å². The van der Waals surface area contributed by atoms with Crippen LogP contribution in [0, 0.1) is 10.1 Å². The van der Waals surface area contributed by atoms with Gasteiger partial charge in [-0.25, -0.2) is 0 Å². The Balaban J connectivity index is 3.45. The average Bonchev–Trinajstić information content (AvgIpc) is 2.01. The van der Waals surface area contributed by atoms with E-state index in [1.165, 1.54) is 6.07 Å². The molecule has 0 atom stereocenters. The molecule has 0 spiro atoms. The van der Waals surface area contributed by atoms with Crippen LogP contribution in [0.5, 0.6) is 0 Å². The SMILES string of the molecule is CC(C)(C)c1c(Br)cccc1[N+](=O)[O-]. The minimum absolute atomic E-state index is 0.173. The molecule has 1 aromatic carbocycles. The van der Waals surface area contributed by atoms with E-state index < -0.39 is 0 Å². The van der Waals surface area contributed by atoms with Crippen molar-refractivity contribution in [3.63, 3.8) is 0 Å². The molecule has 0 aliphatic heterocycles. The molecule has 0 saturated carbocycles. The summed E-state index contributed by atoms with van der Waals surface area (Å²) in [7, 11) is 0. The molecular weight excluding hydrogens is 246 g/mol. The second-order valence-electron chi connectivity index (χ2n) is 4.14. The van der Waals surface area contributed by atoms with Gasteiger partial charge in [0, 0.05) is 16.1 Å². The summed E-state index contributed by atoms with van der Waals surface area (Å²) in [6, 6.07) is 5.04. The van der Waals surface area contributed by atoms with Crippen molar-refractivity contribution < 1.29 is 4.92 Å². The van der Waals surface area contributed by atoms with Gasteiger partial charge in [0.1, 0.15) is 0 Å². The first kappa shape index (κ1) is 11.2. The first-order valence-electron chi connectivity index (χ1n) is 4.27. The van der Waals surface area contributed by atoms with Crippen molar-refractivity contribution in [1.82, 2.24) is 0 Å². The van der Waals surface area contributed by atoms with Gasteiger partial charge in [-0.2, -0.15) is 0 Å². The normalized spacial score (nSPS) is 11.4. The Morgan fingerprint density at radius 1 is 1.36 bits per heavy atom. The number of hydrogen-bond donors (Lipinski definition) is 0.